The molecule has 0 spiro atoms. The molecule has 1 atom stereocenters. The lowest BCUT2D eigenvalue weighted by Crippen LogP contribution is -2.36. The minimum Gasteiger partial charge on any atom is -0.459 e. The predicted molar refractivity (Wildman–Crippen MR) is 88.9 cm³/mol. The van der Waals surface area contributed by atoms with Crippen LogP contribution in [-0.4, -0.2) is 41.6 Å². The number of aromatic amines is 1. The first-order valence-corrected chi connectivity index (χ1v) is 7.68. The molecule has 0 unspecified atom stereocenters. The molecule has 2 N–H and O–H groups in total. The molecule has 1 amide bonds. The maximum absolute atomic E-state index is 12.3. The van der Waals surface area contributed by atoms with Crippen LogP contribution in [0.2, 0.25) is 0 Å². The Morgan fingerprint density at radius 3 is 2.33 bits per heavy atom. The predicted octanol–water partition coefficient (Wildman–Crippen LogP) is 2.04. The molecule has 0 saturated heterocycles. The lowest BCUT2D eigenvalue weighted by Gasteiger charge is -2.12. The molecular formula is C17H24N2O5. The number of aryl methyl sites for hydroxylation is 1. The van der Waals surface area contributed by atoms with E-state index in [0.717, 1.165) is 0 Å². The molecule has 0 aromatic carbocycles. The third-order valence-electron chi connectivity index (χ3n) is 3.26. The van der Waals surface area contributed by atoms with Crippen LogP contribution >= 0.6 is 0 Å². The van der Waals surface area contributed by atoms with Gasteiger partial charge in [0.1, 0.15) is 5.69 Å². The number of carbonyl (C=O) groups is 3. The molecule has 1 aromatic rings. The summed E-state index contributed by atoms with van der Waals surface area (Å²) in [6.07, 6.45) is 0.291. The zero-order valence-corrected chi connectivity index (χ0v) is 14.7. The molecule has 1 rings (SSSR count). The van der Waals surface area contributed by atoms with E-state index in [2.05, 4.69) is 16.9 Å². The molecule has 0 aliphatic carbocycles. The Labute approximate surface area is 141 Å². The molecule has 0 aliphatic rings. The highest BCUT2D eigenvalue weighted by Crippen LogP contribution is 2.20. The van der Waals surface area contributed by atoms with Gasteiger partial charge in [0.15, 0.2) is 6.10 Å². The van der Waals surface area contributed by atoms with Gasteiger partial charge in [0.2, 0.25) is 0 Å². The van der Waals surface area contributed by atoms with E-state index in [1.165, 1.54) is 13.0 Å². The fourth-order valence-electron chi connectivity index (χ4n) is 2.12. The Bertz CT molecular complexity index is 646. The minimum atomic E-state index is -0.966. The summed E-state index contributed by atoms with van der Waals surface area (Å²) in [5.74, 6) is -1.64. The lowest BCUT2D eigenvalue weighted by atomic mass is 10.1. The normalized spacial score (nSPS) is 11.8. The van der Waals surface area contributed by atoms with Crippen LogP contribution in [-0.2, 0) is 14.3 Å². The molecule has 7 heteroatoms. The Morgan fingerprint density at radius 1 is 1.17 bits per heavy atom. The number of carbonyl (C=O) groups excluding carboxylic acids is 3. The second kappa shape index (κ2) is 8.33. The molecule has 24 heavy (non-hydrogen) atoms. The van der Waals surface area contributed by atoms with Crippen LogP contribution in [0.25, 0.3) is 0 Å². The molecule has 7 nitrogen and oxygen atoms in total. The summed E-state index contributed by atoms with van der Waals surface area (Å²) < 4.78 is 10.3. The summed E-state index contributed by atoms with van der Waals surface area (Å²) in [7, 11) is 0. The van der Waals surface area contributed by atoms with Crippen molar-refractivity contribution < 1.29 is 23.9 Å². The number of nitrogens with one attached hydrogen (secondary N) is 2. The topological polar surface area (TPSA) is 97.5 Å². The Kier molecular flexibility index (Phi) is 6.76. The van der Waals surface area contributed by atoms with Gasteiger partial charge in [0.05, 0.1) is 11.7 Å². The first-order valence-electron chi connectivity index (χ1n) is 7.68. The van der Waals surface area contributed by atoms with Crippen LogP contribution in [0.5, 0.6) is 0 Å². The third kappa shape index (κ3) is 4.71. The number of amides is 1. The van der Waals surface area contributed by atoms with Crippen molar-refractivity contribution in [2.45, 2.75) is 46.8 Å². The smallest absolute Gasteiger partial charge is 0.355 e. The second-order valence-electron chi connectivity index (χ2n) is 5.66. The summed E-state index contributed by atoms with van der Waals surface area (Å²) in [5, 5.41) is 2.54. The van der Waals surface area contributed by atoms with Gasteiger partial charge in [-0.15, -0.1) is 6.58 Å². The van der Waals surface area contributed by atoms with Gasteiger partial charge in [-0.05, 0) is 40.2 Å². The molecule has 1 aromatic heterocycles. The van der Waals surface area contributed by atoms with Gasteiger partial charge in [0.25, 0.3) is 5.91 Å². The van der Waals surface area contributed by atoms with E-state index >= 15 is 0 Å². The van der Waals surface area contributed by atoms with Crippen LogP contribution in [0, 0.1) is 13.8 Å². The van der Waals surface area contributed by atoms with Crippen LogP contribution in [0.3, 0.4) is 0 Å². The highest BCUT2D eigenvalue weighted by Gasteiger charge is 2.26. The lowest BCUT2D eigenvalue weighted by molar-refractivity contribution is -0.128. The fourth-order valence-corrected chi connectivity index (χ4v) is 2.12. The fraction of sp³-hybridized carbons (Fsp3) is 0.471. The number of esters is 2. The Hall–Kier alpha value is -2.57. The monoisotopic (exact) mass is 336 g/mol. The standard InChI is InChI=1S/C17H24N2O5/c1-7-8-18-15(20)12(6)24-17(22)14-10(4)13(11(5)19-14)16(21)23-9(2)3/h7,9,12,19H,1,8H2,2-6H3,(H,18,20)/t12-/m0/s1. The van der Waals surface area contributed by atoms with Crippen molar-refractivity contribution in [3.8, 4) is 0 Å². The molecule has 0 aliphatic heterocycles. The van der Waals surface area contributed by atoms with Crippen molar-refractivity contribution in [1.29, 1.82) is 0 Å². The number of hydrogen-bond acceptors (Lipinski definition) is 5. The van der Waals surface area contributed by atoms with Crippen molar-refractivity contribution in [2.75, 3.05) is 6.54 Å². The van der Waals surface area contributed by atoms with Crippen molar-refractivity contribution in [3.05, 3.63) is 35.2 Å². The Balaban J connectivity index is 2.91. The highest BCUT2D eigenvalue weighted by molar-refractivity contribution is 5.99. The van der Waals surface area contributed by atoms with Crippen LogP contribution < -0.4 is 5.32 Å². The van der Waals surface area contributed by atoms with E-state index in [1.807, 2.05) is 0 Å². The van der Waals surface area contributed by atoms with Crippen molar-refractivity contribution in [1.82, 2.24) is 10.3 Å². The van der Waals surface area contributed by atoms with Gasteiger partial charge in [-0.25, -0.2) is 9.59 Å². The van der Waals surface area contributed by atoms with Crippen LogP contribution in [0.1, 0.15) is 52.9 Å². The molecule has 0 fully saturated rings. The molecule has 0 saturated carbocycles. The van der Waals surface area contributed by atoms with Gasteiger partial charge >= 0.3 is 11.9 Å². The van der Waals surface area contributed by atoms with Gasteiger partial charge in [0, 0.05) is 12.2 Å². The van der Waals surface area contributed by atoms with Crippen molar-refractivity contribution in [2.24, 2.45) is 0 Å². The maximum atomic E-state index is 12.3. The number of ether oxygens (including phenoxy) is 2. The highest BCUT2D eigenvalue weighted by atomic mass is 16.6. The quantitative estimate of drug-likeness (QED) is 0.586. The maximum Gasteiger partial charge on any atom is 0.355 e. The number of hydrogen-bond donors (Lipinski definition) is 2. The van der Waals surface area contributed by atoms with E-state index in [4.69, 9.17) is 9.47 Å². The van der Waals surface area contributed by atoms with E-state index in [-0.39, 0.29) is 18.3 Å². The van der Waals surface area contributed by atoms with Crippen molar-refractivity contribution >= 4 is 17.8 Å². The second-order valence-corrected chi connectivity index (χ2v) is 5.66. The van der Waals surface area contributed by atoms with E-state index in [9.17, 15) is 14.4 Å². The largest absolute Gasteiger partial charge is 0.459 e. The summed E-state index contributed by atoms with van der Waals surface area (Å²) in [4.78, 5) is 38.9. The molecule has 1 heterocycles. The summed E-state index contributed by atoms with van der Waals surface area (Å²) in [6, 6.07) is 0. The molecular weight excluding hydrogens is 312 g/mol. The zero-order chi connectivity index (χ0) is 18.4. The number of rotatable bonds is 7. The summed E-state index contributed by atoms with van der Waals surface area (Å²) in [5.41, 5.74) is 1.38. The van der Waals surface area contributed by atoms with Gasteiger partial charge in [-0.3, -0.25) is 4.79 Å². The van der Waals surface area contributed by atoms with Gasteiger partial charge in [-0.2, -0.15) is 0 Å². The average molecular weight is 336 g/mol. The third-order valence-corrected chi connectivity index (χ3v) is 3.26. The minimum absolute atomic E-state index is 0.131. The van der Waals surface area contributed by atoms with Crippen molar-refractivity contribution in [3.63, 3.8) is 0 Å². The van der Waals surface area contributed by atoms with E-state index < -0.39 is 23.9 Å². The van der Waals surface area contributed by atoms with Crippen LogP contribution in [0.15, 0.2) is 12.7 Å². The van der Waals surface area contributed by atoms with Gasteiger partial charge in [-0.1, -0.05) is 6.08 Å². The number of H-pyrrole nitrogens is 1. The first kappa shape index (κ1) is 19.5. The molecule has 132 valence electrons. The average Bonchev–Trinajstić information content (AvgIpc) is 2.78. The van der Waals surface area contributed by atoms with Gasteiger partial charge < -0.3 is 19.8 Å². The van der Waals surface area contributed by atoms with Crippen LogP contribution in [0.4, 0.5) is 0 Å². The summed E-state index contributed by atoms with van der Waals surface area (Å²) >= 11 is 0. The summed E-state index contributed by atoms with van der Waals surface area (Å²) in [6.45, 7) is 12.0. The van der Waals surface area contributed by atoms with E-state index in [1.54, 1.807) is 27.7 Å². The SMILES string of the molecule is C=CCNC(=O)[C@H](C)OC(=O)c1[nH]c(C)c(C(=O)OC(C)C)c1C. The first-order chi connectivity index (χ1) is 11.2. The Morgan fingerprint density at radius 2 is 1.79 bits per heavy atom. The zero-order valence-electron chi connectivity index (χ0n) is 14.7. The number of aromatic nitrogens is 1. The molecule has 0 radical (unpaired) electrons. The van der Waals surface area contributed by atoms with E-state index in [0.29, 0.717) is 16.8 Å². The molecule has 0 bridgehead atoms.